The van der Waals surface area contributed by atoms with E-state index in [1.165, 1.54) is 0 Å². The number of hydrogen-bond acceptors (Lipinski definition) is 1. The van der Waals surface area contributed by atoms with Gasteiger partial charge < -0.3 is 4.57 Å². The Hall–Kier alpha value is -0.540. The number of nitrogens with zero attached hydrogens (tertiary/aromatic N) is 2. The average Bonchev–Trinajstić information content (AvgIpc) is 2.32. The SMILES string of the molecule is Cn1c(Br)nc2c(Cl)cccc21. The Kier molecular flexibility index (Phi) is 1.85. The standard InChI is InChI=1S/C8H6BrClN2/c1-12-6-4-2-3-5(10)7(6)11-8(12)9/h2-4H,1H3. The van der Waals surface area contributed by atoms with Crippen molar-refractivity contribution in [1.29, 1.82) is 0 Å². The summed E-state index contributed by atoms with van der Waals surface area (Å²) in [5.41, 5.74) is 1.88. The maximum atomic E-state index is 5.95. The summed E-state index contributed by atoms with van der Waals surface area (Å²) in [5.74, 6) is 0. The Morgan fingerprint density at radius 3 is 2.92 bits per heavy atom. The molecule has 0 spiro atoms. The molecule has 0 saturated carbocycles. The molecule has 1 aromatic heterocycles. The van der Waals surface area contributed by atoms with Gasteiger partial charge in [-0.05, 0) is 28.1 Å². The first kappa shape index (κ1) is 8.08. The van der Waals surface area contributed by atoms with Gasteiger partial charge in [-0.1, -0.05) is 17.7 Å². The summed E-state index contributed by atoms with van der Waals surface area (Å²) >= 11 is 9.28. The largest absolute Gasteiger partial charge is 0.322 e. The summed E-state index contributed by atoms with van der Waals surface area (Å²) in [7, 11) is 1.94. The van der Waals surface area contributed by atoms with E-state index >= 15 is 0 Å². The maximum Gasteiger partial charge on any atom is 0.177 e. The molecule has 2 aromatic rings. The lowest BCUT2D eigenvalue weighted by atomic mass is 10.3. The zero-order chi connectivity index (χ0) is 8.72. The highest BCUT2D eigenvalue weighted by atomic mass is 79.9. The van der Waals surface area contributed by atoms with Crippen LogP contribution < -0.4 is 0 Å². The number of benzene rings is 1. The van der Waals surface area contributed by atoms with Crippen molar-refractivity contribution in [2.24, 2.45) is 7.05 Å². The van der Waals surface area contributed by atoms with Gasteiger partial charge in [0.25, 0.3) is 0 Å². The number of fused-ring (bicyclic) bond motifs is 1. The fourth-order valence-electron chi connectivity index (χ4n) is 1.15. The van der Waals surface area contributed by atoms with Crippen LogP contribution in [0.5, 0.6) is 0 Å². The summed E-state index contributed by atoms with van der Waals surface area (Å²) < 4.78 is 2.74. The Bertz CT molecular complexity index is 436. The number of hydrogen-bond donors (Lipinski definition) is 0. The highest BCUT2D eigenvalue weighted by Crippen LogP contribution is 2.24. The van der Waals surface area contributed by atoms with Gasteiger partial charge in [0, 0.05) is 7.05 Å². The Balaban J connectivity index is 2.95. The monoisotopic (exact) mass is 244 g/mol. The van der Waals surface area contributed by atoms with E-state index in [0.717, 1.165) is 15.8 Å². The minimum absolute atomic E-state index is 0.689. The van der Waals surface area contributed by atoms with Crippen molar-refractivity contribution in [3.05, 3.63) is 28.0 Å². The van der Waals surface area contributed by atoms with E-state index in [2.05, 4.69) is 20.9 Å². The summed E-state index contributed by atoms with van der Waals surface area (Å²) in [6, 6.07) is 5.74. The molecule has 0 bridgehead atoms. The third-order valence-corrected chi connectivity index (χ3v) is 2.82. The number of aryl methyl sites for hydroxylation is 1. The fourth-order valence-corrected chi connectivity index (χ4v) is 1.73. The van der Waals surface area contributed by atoms with Gasteiger partial charge in [0.2, 0.25) is 0 Å². The molecular weight excluding hydrogens is 239 g/mol. The highest BCUT2D eigenvalue weighted by Gasteiger charge is 2.06. The Morgan fingerprint density at radius 2 is 2.25 bits per heavy atom. The van der Waals surface area contributed by atoms with Crippen LogP contribution in [0.3, 0.4) is 0 Å². The van der Waals surface area contributed by atoms with Crippen LogP contribution in [-0.2, 0) is 7.05 Å². The Morgan fingerprint density at radius 1 is 1.50 bits per heavy atom. The average molecular weight is 246 g/mol. The highest BCUT2D eigenvalue weighted by molar-refractivity contribution is 9.10. The molecule has 2 nitrogen and oxygen atoms in total. The van der Waals surface area contributed by atoms with Crippen molar-refractivity contribution in [2.75, 3.05) is 0 Å². The second-order valence-corrected chi connectivity index (χ2v) is 3.66. The van der Waals surface area contributed by atoms with Gasteiger partial charge in [-0.25, -0.2) is 4.98 Å². The van der Waals surface area contributed by atoms with Gasteiger partial charge in [-0.15, -0.1) is 0 Å². The zero-order valence-electron chi connectivity index (χ0n) is 6.38. The van der Waals surface area contributed by atoms with E-state index in [1.54, 1.807) is 0 Å². The first-order valence-electron chi connectivity index (χ1n) is 3.46. The first-order valence-corrected chi connectivity index (χ1v) is 4.63. The van der Waals surface area contributed by atoms with Crippen LogP contribution in [-0.4, -0.2) is 9.55 Å². The molecule has 1 aromatic carbocycles. The van der Waals surface area contributed by atoms with E-state index < -0.39 is 0 Å². The molecule has 1 heterocycles. The lowest BCUT2D eigenvalue weighted by molar-refractivity contribution is 0.912. The third kappa shape index (κ3) is 1.04. The van der Waals surface area contributed by atoms with Gasteiger partial charge in [-0.2, -0.15) is 0 Å². The van der Waals surface area contributed by atoms with Crippen LogP contribution in [0.25, 0.3) is 11.0 Å². The van der Waals surface area contributed by atoms with Gasteiger partial charge in [0.15, 0.2) is 4.73 Å². The van der Waals surface area contributed by atoms with E-state index in [9.17, 15) is 0 Å². The minimum Gasteiger partial charge on any atom is -0.322 e. The topological polar surface area (TPSA) is 17.8 Å². The maximum absolute atomic E-state index is 5.95. The Labute approximate surface area is 83.3 Å². The van der Waals surface area contributed by atoms with E-state index in [0.29, 0.717) is 5.02 Å². The van der Waals surface area contributed by atoms with E-state index in [4.69, 9.17) is 11.6 Å². The molecule has 62 valence electrons. The quantitative estimate of drug-likeness (QED) is 0.698. The lowest BCUT2D eigenvalue weighted by Gasteiger charge is -1.94. The number of halogens is 2. The van der Waals surface area contributed by atoms with Crippen LogP contribution in [0.2, 0.25) is 5.02 Å². The third-order valence-electron chi connectivity index (χ3n) is 1.81. The number of imidazole rings is 1. The molecule has 0 aliphatic carbocycles. The molecule has 0 unspecified atom stereocenters. The van der Waals surface area contributed by atoms with Crippen LogP contribution in [0.4, 0.5) is 0 Å². The second kappa shape index (κ2) is 2.75. The van der Waals surface area contributed by atoms with Crippen molar-refractivity contribution in [3.63, 3.8) is 0 Å². The number of para-hydroxylation sites is 1. The van der Waals surface area contributed by atoms with Gasteiger partial charge >= 0.3 is 0 Å². The molecular formula is C8H6BrClN2. The smallest absolute Gasteiger partial charge is 0.177 e. The molecule has 0 fully saturated rings. The summed E-state index contributed by atoms with van der Waals surface area (Å²) in [4.78, 5) is 4.26. The van der Waals surface area contributed by atoms with Crippen LogP contribution >= 0.6 is 27.5 Å². The minimum atomic E-state index is 0.689. The van der Waals surface area contributed by atoms with Crippen LogP contribution in [0.1, 0.15) is 0 Å². The van der Waals surface area contributed by atoms with Crippen LogP contribution in [0, 0.1) is 0 Å². The molecule has 0 aliphatic rings. The number of rotatable bonds is 0. The molecule has 0 amide bonds. The van der Waals surface area contributed by atoms with E-state index in [-0.39, 0.29) is 0 Å². The van der Waals surface area contributed by atoms with Crippen molar-refractivity contribution >= 4 is 38.6 Å². The van der Waals surface area contributed by atoms with E-state index in [1.807, 2.05) is 29.8 Å². The lowest BCUT2D eigenvalue weighted by Crippen LogP contribution is -1.85. The predicted octanol–water partition coefficient (Wildman–Crippen LogP) is 2.99. The second-order valence-electron chi connectivity index (χ2n) is 2.55. The van der Waals surface area contributed by atoms with Gasteiger partial charge in [0.1, 0.15) is 5.52 Å². The molecule has 0 aliphatic heterocycles. The van der Waals surface area contributed by atoms with Crippen molar-refractivity contribution in [2.45, 2.75) is 0 Å². The molecule has 4 heteroatoms. The summed E-state index contributed by atoms with van der Waals surface area (Å²) in [6.45, 7) is 0. The summed E-state index contributed by atoms with van der Waals surface area (Å²) in [6.07, 6.45) is 0. The van der Waals surface area contributed by atoms with Crippen molar-refractivity contribution < 1.29 is 0 Å². The zero-order valence-corrected chi connectivity index (χ0v) is 8.72. The fraction of sp³-hybridized carbons (Fsp3) is 0.125. The van der Waals surface area contributed by atoms with Crippen LogP contribution in [0.15, 0.2) is 22.9 Å². The molecule has 0 atom stereocenters. The van der Waals surface area contributed by atoms with Crippen molar-refractivity contribution in [3.8, 4) is 0 Å². The molecule has 2 rings (SSSR count). The van der Waals surface area contributed by atoms with Crippen molar-refractivity contribution in [1.82, 2.24) is 9.55 Å². The van der Waals surface area contributed by atoms with Gasteiger partial charge in [0.05, 0.1) is 10.5 Å². The number of aromatic nitrogens is 2. The molecule has 0 N–H and O–H groups in total. The predicted molar refractivity (Wildman–Crippen MR) is 53.4 cm³/mol. The first-order chi connectivity index (χ1) is 5.70. The molecule has 12 heavy (non-hydrogen) atoms. The molecule has 0 saturated heterocycles. The molecule has 0 radical (unpaired) electrons. The normalized spacial score (nSPS) is 10.9. The van der Waals surface area contributed by atoms with Gasteiger partial charge in [-0.3, -0.25) is 0 Å². The summed E-state index contributed by atoms with van der Waals surface area (Å²) in [5, 5.41) is 0.689.